The molecule has 2 atom stereocenters. The minimum atomic E-state index is -3.63. The smallest absolute Gasteiger partial charge is 0.311 e. The molecule has 168 valence electrons. The largest absolute Gasteiger partial charge is 0.452 e. The molecule has 7 nitrogen and oxygen atoms in total. The van der Waals surface area contributed by atoms with Crippen LogP contribution in [0.4, 0.5) is 4.39 Å². The van der Waals surface area contributed by atoms with Crippen LogP contribution < -0.4 is 5.32 Å². The van der Waals surface area contributed by atoms with Crippen molar-refractivity contribution in [3.05, 3.63) is 53.2 Å². The van der Waals surface area contributed by atoms with Crippen LogP contribution in [0.5, 0.6) is 0 Å². The van der Waals surface area contributed by atoms with E-state index in [0.717, 1.165) is 16.9 Å². The summed E-state index contributed by atoms with van der Waals surface area (Å²) in [6.07, 6.45) is 0.576. The standard InChI is InChI=1S/C21H25FN2O5S2/c1-15(20(25)23-11-10-16-6-8-18(22)9-7-16)29-21(26)17-4-2-12-24(14-17)31(27,28)19-5-3-13-30-19/h3,5-9,13,15,17H,2,4,10-12,14H2,1H3,(H,23,25). The third-order valence-electron chi connectivity index (χ3n) is 5.10. The number of benzene rings is 1. The lowest BCUT2D eigenvalue weighted by Crippen LogP contribution is -2.44. The Balaban J connectivity index is 1.48. The van der Waals surface area contributed by atoms with Gasteiger partial charge >= 0.3 is 5.97 Å². The number of nitrogens with zero attached hydrogens (tertiary/aromatic N) is 1. The molecule has 1 saturated heterocycles. The maximum absolute atomic E-state index is 12.9. The Morgan fingerprint density at radius 1 is 1.29 bits per heavy atom. The summed E-state index contributed by atoms with van der Waals surface area (Å²) in [4.78, 5) is 24.8. The number of amides is 1. The summed E-state index contributed by atoms with van der Waals surface area (Å²) in [5.74, 6) is -1.95. The van der Waals surface area contributed by atoms with Crippen molar-refractivity contribution in [3.8, 4) is 0 Å². The van der Waals surface area contributed by atoms with Crippen LogP contribution in [0.25, 0.3) is 0 Å². The molecular formula is C21H25FN2O5S2. The van der Waals surface area contributed by atoms with Gasteiger partial charge in [0.2, 0.25) is 0 Å². The van der Waals surface area contributed by atoms with Crippen molar-refractivity contribution in [1.29, 1.82) is 0 Å². The first-order chi connectivity index (χ1) is 14.8. The van der Waals surface area contributed by atoms with Crippen LogP contribution in [0.3, 0.4) is 0 Å². The van der Waals surface area contributed by atoms with Gasteiger partial charge in [0.05, 0.1) is 5.92 Å². The van der Waals surface area contributed by atoms with Gasteiger partial charge in [-0.25, -0.2) is 12.8 Å². The van der Waals surface area contributed by atoms with Gasteiger partial charge in [-0.15, -0.1) is 11.3 Å². The molecule has 31 heavy (non-hydrogen) atoms. The Morgan fingerprint density at radius 2 is 2.03 bits per heavy atom. The van der Waals surface area contributed by atoms with Crippen molar-refractivity contribution in [3.63, 3.8) is 0 Å². The van der Waals surface area contributed by atoms with E-state index in [2.05, 4.69) is 5.32 Å². The number of carbonyl (C=O) groups is 2. The Morgan fingerprint density at radius 3 is 2.71 bits per heavy atom. The highest BCUT2D eigenvalue weighted by molar-refractivity contribution is 7.91. The minimum Gasteiger partial charge on any atom is -0.452 e. The van der Waals surface area contributed by atoms with Crippen molar-refractivity contribution >= 4 is 33.2 Å². The molecule has 0 saturated carbocycles. The first kappa shape index (κ1) is 23.4. The van der Waals surface area contributed by atoms with E-state index in [-0.39, 0.29) is 16.6 Å². The second kappa shape index (κ2) is 10.3. The quantitative estimate of drug-likeness (QED) is 0.601. The minimum absolute atomic E-state index is 0.0397. The van der Waals surface area contributed by atoms with Gasteiger partial charge in [-0.1, -0.05) is 18.2 Å². The van der Waals surface area contributed by atoms with Crippen LogP contribution in [0.1, 0.15) is 25.3 Å². The maximum atomic E-state index is 12.9. The SMILES string of the molecule is CC(OC(=O)C1CCCN(S(=O)(=O)c2cccs2)C1)C(=O)NCCc1ccc(F)cc1. The fourth-order valence-corrected chi connectivity index (χ4v) is 6.01. The molecule has 1 aromatic heterocycles. The number of hydrogen-bond donors (Lipinski definition) is 1. The summed E-state index contributed by atoms with van der Waals surface area (Å²) >= 11 is 1.14. The number of ether oxygens (including phenoxy) is 1. The normalized spacial score (nSPS) is 18.3. The molecule has 2 unspecified atom stereocenters. The molecule has 10 heteroatoms. The van der Waals surface area contributed by atoms with E-state index in [4.69, 9.17) is 4.74 Å². The second-order valence-electron chi connectivity index (χ2n) is 7.38. The van der Waals surface area contributed by atoms with Crippen LogP contribution in [0.2, 0.25) is 0 Å². The number of rotatable bonds is 8. The van der Waals surface area contributed by atoms with Crippen molar-refractivity contribution in [2.24, 2.45) is 5.92 Å². The van der Waals surface area contributed by atoms with Gasteiger partial charge in [-0.2, -0.15) is 4.31 Å². The zero-order valence-corrected chi connectivity index (χ0v) is 18.8. The summed E-state index contributed by atoms with van der Waals surface area (Å²) in [5, 5.41) is 4.38. The summed E-state index contributed by atoms with van der Waals surface area (Å²) in [6, 6.07) is 9.21. The monoisotopic (exact) mass is 468 g/mol. The van der Waals surface area contributed by atoms with Gasteiger partial charge in [0.15, 0.2) is 6.10 Å². The van der Waals surface area contributed by atoms with Crippen LogP contribution in [0, 0.1) is 11.7 Å². The van der Waals surface area contributed by atoms with E-state index in [0.29, 0.717) is 32.4 Å². The van der Waals surface area contributed by atoms with E-state index >= 15 is 0 Å². The van der Waals surface area contributed by atoms with Gasteiger partial charge in [0, 0.05) is 19.6 Å². The number of esters is 1. The Hall–Kier alpha value is -2.30. The van der Waals surface area contributed by atoms with Crippen LogP contribution in [0.15, 0.2) is 46.0 Å². The van der Waals surface area contributed by atoms with Gasteiger partial charge in [-0.3, -0.25) is 9.59 Å². The average molecular weight is 469 g/mol. The van der Waals surface area contributed by atoms with Gasteiger partial charge in [0.25, 0.3) is 15.9 Å². The number of nitrogens with one attached hydrogen (secondary N) is 1. The first-order valence-electron chi connectivity index (χ1n) is 10.0. The highest BCUT2D eigenvalue weighted by Gasteiger charge is 2.35. The third kappa shape index (κ3) is 6.11. The van der Waals surface area contributed by atoms with Crippen molar-refractivity contribution in [2.45, 2.75) is 36.5 Å². The van der Waals surface area contributed by atoms with E-state index in [1.54, 1.807) is 29.6 Å². The fraction of sp³-hybridized carbons (Fsp3) is 0.429. The summed E-state index contributed by atoms with van der Waals surface area (Å²) in [5.41, 5.74) is 0.876. The third-order valence-corrected chi connectivity index (χ3v) is 8.33. The maximum Gasteiger partial charge on any atom is 0.311 e. The molecule has 0 aliphatic carbocycles. The van der Waals surface area contributed by atoms with E-state index < -0.39 is 33.9 Å². The molecule has 3 rings (SSSR count). The number of sulfonamides is 1. The summed E-state index contributed by atoms with van der Waals surface area (Å²) < 4.78 is 45.2. The average Bonchev–Trinajstić information content (AvgIpc) is 3.31. The van der Waals surface area contributed by atoms with Crippen molar-refractivity contribution in [1.82, 2.24) is 9.62 Å². The number of halogens is 1. The van der Waals surface area contributed by atoms with Gasteiger partial charge < -0.3 is 10.1 Å². The lowest BCUT2D eigenvalue weighted by Gasteiger charge is -2.30. The Bertz CT molecular complexity index is 993. The second-order valence-corrected chi connectivity index (χ2v) is 10.5. The predicted molar refractivity (Wildman–Crippen MR) is 114 cm³/mol. The van der Waals surface area contributed by atoms with Crippen molar-refractivity contribution < 1.29 is 27.1 Å². The number of hydrogen-bond acceptors (Lipinski definition) is 6. The summed E-state index contributed by atoms with van der Waals surface area (Å²) in [6.45, 7) is 2.19. The molecule has 1 aliphatic heterocycles. The van der Waals surface area contributed by atoms with Crippen LogP contribution in [-0.2, 0) is 30.8 Å². The molecule has 0 radical (unpaired) electrons. The molecule has 1 fully saturated rings. The number of piperidine rings is 1. The first-order valence-corrected chi connectivity index (χ1v) is 12.4. The molecular weight excluding hydrogens is 443 g/mol. The van der Waals surface area contributed by atoms with Gasteiger partial charge in [0.1, 0.15) is 10.0 Å². The Kier molecular flexibility index (Phi) is 7.79. The van der Waals surface area contributed by atoms with E-state index in [1.807, 2.05) is 0 Å². The van der Waals surface area contributed by atoms with Crippen LogP contribution >= 0.6 is 11.3 Å². The molecule has 0 spiro atoms. The molecule has 0 bridgehead atoms. The van der Waals surface area contributed by atoms with E-state index in [1.165, 1.54) is 23.4 Å². The molecule has 1 aliphatic rings. The highest BCUT2D eigenvalue weighted by Crippen LogP contribution is 2.27. The van der Waals surface area contributed by atoms with E-state index in [9.17, 15) is 22.4 Å². The van der Waals surface area contributed by atoms with Gasteiger partial charge in [-0.05, 0) is 55.3 Å². The molecule has 1 amide bonds. The number of carbonyl (C=O) groups excluding carboxylic acids is 2. The zero-order chi connectivity index (χ0) is 22.4. The highest BCUT2D eigenvalue weighted by atomic mass is 32.2. The molecule has 2 heterocycles. The predicted octanol–water partition coefficient (Wildman–Crippen LogP) is 2.58. The number of thiophene rings is 1. The molecule has 1 N–H and O–H groups in total. The summed E-state index contributed by atoms with van der Waals surface area (Å²) in [7, 11) is -3.63. The van der Waals surface area contributed by atoms with Crippen molar-refractivity contribution in [2.75, 3.05) is 19.6 Å². The molecule has 1 aromatic carbocycles. The fourth-order valence-electron chi connectivity index (χ4n) is 3.34. The van der Waals surface area contributed by atoms with Crippen LogP contribution in [-0.4, -0.2) is 50.3 Å². The molecule has 2 aromatic rings. The zero-order valence-electron chi connectivity index (χ0n) is 17.1. The lowest BCUT2D eigenvalue weighted by atomic mass is 10.00. The lowest BCUT2D eigenvalue weighted by molar-refractivity contribution is -0.159. The topological polar surface area (TPSA) is 92.8 Å². The Labute approximate surface area is 185 Å².